The van der Waals surface area contributed by atoms with Crippen LogP contribution >= 0.6 is 31.9 Å². The number of piperidine rings is 1. The van der Waals surface area contributed by atoms with Gasteiger partial charge in [-0.1, -0.05) is 15.9 Å². The van der Waals surface area contributed by atoms with E-state index in [1.165, 1.54) is 11.2 Å². The van der Waals surface area contributed by atoms with Crippen LogP contribution in [-0.2, 0) is 14.8 Å². The Balaban J connectivity index is 2.24. The van der Waals surface area contributed by atoms with Gasteiger partial charge in [0.25, 0.3) is 0 Å². The summed E-state index contributed by atoms with van der Waals surface area (Å²) < 4.78 is 28.2. The maximum Gasteiger partial charge on any atom is 0.244 e. The number of nitrogens with one attached hydrogen (secondary N) is 1. The molecule has 0 aromatic heterocycles. The van der Waals surface area contributed by atoms with Crippen LogP contribution in [0.5, 0.6) is 0 Å². The first kappa shape index (κ1) is 16.9. The fourth-order valence-corrected chi connectivity index (χ4v) is 5.62. The van der Waals surface area contributed by atoms with Gasteiger partial charge >= 0.3 is 0 Å². The molecule has 0 aliphatic carbocycles. The minimum atomic E-state index is -3.56. The maximum absolute atomic E-state index is 12.7. The largest absolute Gasteiger partial charge is 0.352 e. The number of halogens is 2. The first-order valence-corrected chi connectivity index (χ1v) is 9.55. The van der Waals surface area contributed by atoms with E-state index >= 15 is 0 Å². The molecule has 1 atom stereocenters. The first-order chi connectivity index (χ1) is 9.80. The Hall–Kier alpha value is -0.440. The van der Waals surface area contributed by atoms with Crippen LogP contribution in [0.4, 0.5) is 0 Å². The van der Waals surface area contributed by atoms with E-state index in [2.05, 4.69) is 37.2 Å². The zero-order valence-electron chi connectivity index (χ0n) is 11.5. The van der Waals surface area contributed by atoms with Gasteiger partial charge in [-0.05, 0) is 47.0 Å². The number of carbonyl (C=O) groups excluding carboxylic acids is 1. The molecule has 0 spiro atoms. The normalized spacial score (nSPS) is 20.2. The van der Waals surface area contributed by atoms with E-state index in [0.717, 1.165) is 17.3 Å². The van der Waals surface area contributed by atoms with Crippen molar-refractivity contribution in [2.45, 2.75) is 30.7 Å². The highest BCUT2D eigenvalue weighted by Crippen LogP contribution is 2.29. The van der Waals surface area contributed by atoms with Gasteiger partial charge in [-0.3, -0.25) is 4.79 Å². The quantitative estimate of drug-likeness (QED) is 0.786. The van der Waals surface area contributed by atoms with E-state index in [4.69, 9.17) is 0 Å². The highest BCUT2D eigenvalue weighted by atomic mass is 79.9. The molecule has 8 heteroatoms. The summed E-state index contributed by atoms with van der Waals surface area (Å²) in [5, 5.41) is 2.79. The van der Waals surface area contributed by atoms with Crippen LogP contribution < -0.4 is 5.32 Å². The van der Waals surface area contributed by atoms with Crippen molar-refractivity contribution in [3.8, 4) is 0 Å². The molecule has 1 amide bonds. The lowest BCUT2D eigenvalue weighted by molar-refractivity contribution is -0.119. The van der Waals surface area contributed by atoms with Crippen molar-refractivity contribution in [1.82, 2.24) is 9.62 Å². The Kier molecular flexibility index (Phi) is 5.45. The van der Waals surface area contributed by atoms with Crippen LogP contribution in [-0.4, -0.2) is 37.8 Å². The molecule has 2 rings (SSSR count). The Morgan fingerprint density at radius 1 is 1.38 bits per heavy atom. The molecule has 1 fully saturated rings. The standard InChI is InChI=1S/C13H16Br2N2O3S/c1-9(18)16-11-3-2-6-17(8-11)21(19,20)13-5-4-10(14)7-12(13)15/h4-5,7,11H,2-3,6,8H2,1H3,(H,16,18). The van der Waals surface area contributed by atoms with Gasteiger partial charge in [0.1, 0.15) is 0 Å². The molecular weight excluding hydrogens is 424 g/mol. The SMILES string of the molecule is CC(=O)NC1CCCN(S(=O)(=O)c2ccc(Br)cc2Br)C1. The molecule has 5 nitrogen and oxygen atoms in total. The second kappa shape index (κ2) is 6.76. The molecule has 1 aliphatic rings. The third-order valence-corrected chi connectivity index (χ3v) is 6.64. The number of amides is 1. The van der Waals surface area contributed by atoms with E-state index in [0.29, 0.717) is 17.6 Å². The molecule has 1 heterocycles. The third-order valence-electron chi connectivity index (χ3n) is 3.30. The fraction of sp³-hybridized carbons (Fsp3) is 0.462. The average Bonchev–Trinajstić information content (AvgIpc) is 2.37. The average molecular weight is 440 g/mol. The number of benzene rings is 1. The summed E-state index contributed by atoms with van der Waals surface area (Å²) in [5.41, 5.74) is 0. The minimum Gasteiger partial charge on any atom is -0.352 e. The van der Waals surface area contributed by atoms with Crippen LogP contribution in [0, 0.1) is 0 Å². The lowest BCUT2D eigenvalue weighted by atomic mass is 10.1. The minimum absolute atomic E-state index is 0.125. The number of sulfonamides is 1. The summed E-state index contributed by atoms with van der Waals surface area (Å²) in [6, 6.07) is 4.86. The summed E-state index contributed by atoms with van der Waals surface area (Å²) in [7, 11) is -3.56. The van der Waals surface area contributed by atoms with Crippen LogP contribution in [0.3, 0.4) is 0 Å². The van der Waals surface area contributed by atoms with E-state index in [9.17, 15) is 13.2 Å². The third kappa shape index (κ3) is 4.06. The van der Waals surface area contributed by atoms with Crippen molar-refractivity contribution in [2.24, 2.45) is 0 Å². The summed E-state index contributed by atoms with van der Waals surface area (Å²) in [4.78, 5) is 11.4. The molecule has 0 saturated carbocycles. The molecule has 1 aliphatic heterocycles. The molecule has 1 aromatic rings. The van der Waals surface area contributed by atoms with Crippen LogP contribution in [0.2, 0.25) is 0 Å². The van der Waals surface area contributed by atoms with Crippen molar-refractivity contribution in [3.63, 3.8) is 0 Å². The van der Waals surface area contributed by atoms with Gasteiger partial charge in [0, 0.05) is 35.0 Å². The van der Waals surface area contributed by atoms with E-state index in [1.54, 1.807) is 18.2 Å². The van der Waals surface area contributed by atoms with Gasteiger partial charge in [0.05, 0.1) is 4.90 Å². The molecule has 0 radical (unpaired) electrons. The topological polar surface area (TPSA) is 66.5 Å². The zero-order valence-corrected chi connectivity index (χ0v) is 15.5. The predicted molar refractivity (Wildman–Crippen MR) is 87.4 cm³/mol. The van der Waals surface area contributed by atoms with Crippen LogP contribution in [0.1, 0.15) is 19.8 Å². The first-order valence-electron chi connectivity index (χ1n) is 6.53. The predicted octanol–water partition coefficient (Wildman–Crippen LogP) is 2.50. The van der Waals surface area contributed by atoms with Crippen LogP contribution in [0.15, 0.2) is 32.0 Å². The molecular formula is C13H16Br2N2O3S. The molecule has 21 heavy (non-hydrogen) atoms. The monoisotopic (exact) mass is 438 g/mol. The van der Waals surface area contributed by atoms with Gasteiger partial charge in [-0.2, -0.15) is 4.31 Å². The molecule has 0 bridgehead atoms. The molecule has 116 valence electrons. The second-order valence-corrected chi connectivity index (χ2v) is 8.65. The van der Waals surface area contributed by atoms with Gasteiger partial charge in [-0.25, -0.2) is 8.42 Å². The van der Waals surface area contributed by atoms with Crippen molar-refractivity contribution in [3.05, 3.63) is 27.1 Å². The molecule has 1 unspecified atom stereocenters. The summed E-state index contributed by atoms with van der Waals surface area (Å²) in [5.74, 6) is -0.135. The van der Waals surface area contributed by atoms with Gasteiger partial charge in [0.15, 0.2) is 0 Å². The second-order valence-electron chi connectivity index (χ2n) is 4.98. The summed E-state index contributed by atoms with van der Waals surface area (Å²) in [6.45, 7) is 2.23. The van der Waals surface area contributed by atoms with Gasteiger partial charge < -0.3 is 5.32 Å². The number of rotatable bonds is 3. The Labute approximate surface area is 141 Å². The highest BCUT2D eigenvalue weighted by Gasteiger charge is 2.31. The zero-order chi connectivity index (χ0) is 15.6. The Morgan fingerprint density at radius 3 is 2.71 bits per heavy atom. The van der Waals surface area contributed by atoms with Crippen molar-refractivity contribution in [1.29, 1.82) is 0 Å². The number of nitrogens with zero attached hydrogens (tertiary/aromatic N) is 1. The fourth-order valence-electron chi connectivity index (χ4n) is 2.39. The van der Waals surface area contributed by atoms with Crippen molar-refractivity contribution >= 4 is 47.8 Å². The van der Waals surface area contributed by atoms with Crippen molar-refractivity contribution in [2.75, 3.05) is 13.1 Å². The molecule has 1 N–H and O–H groups in total. The maximum atomic E-state index is 12.7. The van der Waals surface area contributed by atoms with E-state index < -0.39 is 10.0 Å². The van der Waals surface area contributed by atoms with Gasteiger partial charge in [-0.15, -0.1) is 0 Å². The highest BCUT2D eigenvalue weighted by molar-refractivity contribution is 9.11. The number of hydrogen-bond donors (Lipinski definition) is 1. The van der Waals surface area contributed by atoms with Crippen LogP contribution in [0.25, 0.3) is 0 Å². The Morgan fingerprint density at radius 2 is 2.10 bits per heavy atom. The molecule has 1 saturated heterocycles. The lowest BCUT2D eigenvalue weighted by Gasteiger charge is -2.32. The van der Waals surface area contributed by atoms with E-state index in [-0.39, 0.29) is 16.8 Å². The summed E-state index contributed by atoms with van der Waals surface area (Å²) >= 11 is 6.61. The smallest absolute Gasteiger partial charge is 0.244 e. The lowest BCUT2D eigenvalue weighted by Crippen LogP contribution is -2.49. The van der Waals surface area contributed by atoms with Crippen molar-refractivity contribution < 1.29 is 13.2 Å². The number of carbonyl (C=O) groups is 1. The summed E-state index contributed by atoms with van der Waals surface area (Å²) in [6.07, 6.45) is 1.53. The number of hydrogen-bond acceptors (Lipinski definition) is 3. The van der Waals surface area contributed by atoms with Gasteiger partial charge in [0.2, 0.25) is 15.9 Å². The Bertz CT molecular complexity index is 649. The van der Waals surface area contributed by atoms with E-state index in [1.807, 2.05) is 0 Å². The molecule has 1 aromatic carbocycles.